The number of benzene rings is 2. The number of fused-ring (bicyclic) bond motifs is 1. The van der Waals surface area contributed by atoms with Crippen LogP contribution in [0.2, 0.25) is 0 Å². The molecular weight excluding hydrogens is 242 g/mol. The van der Waals surface area contributed by atoms with Gasteiger partial charge in [-0.2, -0.15) is 0 Å². The maximum Gasteiger partial charge on any atom is 0.0461 e. The van der Waals surface area contributed by atoms with Crippen molar-refractivity contribution in [1.29, 1.82) is 0 Å². The lowest BCUT2D eigenvalue weighted by Crippen LogP contribution is -1.72. The van der Waals surface area contributed by atoms with Crippen LogP contribution in [0.3, 0.4) is 0 Å². The van der Waals surface area contributed by atoms with Gasteiger partial charge in [0.2, 0.25) is 0 Å². The molecule has 0 saturated carbocycles. The first-order valence-corrected chi connectivity index (χ1v) is 6.33. The van der Waals surface area contributed by atoms with Gasteiger partial charge in [0.15, 0.2) is 0 Å². The van der Waals surface area contributed by atoms with E-state index < -0.39 is 0 Å². The summed E-state index contributed by atoms with van der Waals surface area (Å²) in [4.78, 5) is 4.00. The van der Waals surface area contributed by atoms with Crippen molar-refractivity contribution in [2.24, 2.45) is 5.11 Å². The molecule has 0 bridgehead atoms. The Hall–Kier alpha value is -2.29. The molecule has 1 aromatic heterocycles. The molecule has 0 atom stereocenters. The third-order valence-corrected chi connectivity index (χ3v) is 3.90. The Morgan fingerprint density at radius 1 is 1.00 bits per heavy atom. The van der Waals surface area contributed by atoms with E-state index in [0.717, 1.165) is 10.4 Å². The first-order chi connectivity index (χ1) is 8.88. The fourth-order valence-corrected chi connectivity index (χ4v) is 3.03. The van der Waals surface area contributed by atoms with Gasteiger partial charge in [-0.25, -0.2) is 0 Å². The SMILES string of the molecule is [N-]=[N+]=Nc1ccccc1-c1cc2ccccc2s1. The van der Waals surface area contributed by atoms with Crippen molar-refractivity contribution in [2.45, 2.75) is 0 Å². The van der Waals surface area contributed by atoms with Gasteiger partial charge in [-0.15, -0.1) is 11.3 Å². The van der Waals surface area contributed by atoms with Crippen molar-refractivity contribution < 1.29 is 0 Å². The van der Waals surface area contributed by atoms with Crippen LogP contribution >= 0.6 is 11.3 Å². The zero-order chi connectivity index (χ0) is 12.4. The number of hydrogen-bond acceptors (Lipinski definition) is 2. The molecule has 0 fully saturated rings. The van der Waals surface area contributed by atoms with E-state index in [1.54, 1.807) is 11.3 Å². The van der Waals surface area contributed by atoms with Crippen molar-refractivity contribution in [2.75, 3.05) is 0 Å². The Labute approximate surface area is 108 Å². The van der Waals surface area contributed by atoms with Crippen LogP contribution in [0.15, 0.2) is 59.7 Å². The predicted octanol–water partition coefficient (Wildman–Crippen LogP) is 5.51. The molecule has 0 aliphatic carbocycles. The number of rotatable bonds is 2. The van der Waals surface area contributed by atoms with Gasteiger partial charge in [-0.3, -0.25) is 0 Å². The van der Waals surface area contributed by atoms with E-state index in [9.17, 15) is 0 Å². The molecule has 4 heteroatoms. The molecule has 2 aromatic carbocycles. The molecule has 0 unspecified atom stereocenters. The smallest absolute Gasteiger partial charge is 0.0461 e. The molecule has 0 aliphatic heterocycles. The minimum absolute atomic E-state index is 0.673. The minimum atomic E-state index is 0.673. The van der Waals surface area contributed by atoms with Crippen molar-refractivity contribution in [1.82, 2.24) is 0 Å². The average molecular weight is 251 g/mol. The van der Waals surface area contributed by atoms with E-state index in [1.807, 2.05) is 36.4 Å². The fourth-order valence-electron chi connectivity index (χ4n) is 1.93. The zero-order valence-corrected chi connectivity index (χ0v) is 10.3. The first-order valence-electron chi connectivity index (χ1n) is 5.51. The molecule has 0 aliphatic rings. The van der Waals surface area contributed by atoms with Crippen LogP contribution in [-0.4, -0.2) is 0 Å². The molecule has 0 amide bonds. The maximum absolute atomic E-state index is 8.59. The van der Waals surface area contributed by atoms with Gasteiger partial charge >= 0.3 is 0 Å². The molecule has 86 valence electrons. The lowest BCUT2D eigenvalue weighted by atomic mass is 10.1. The highest BCUT2D eigenvalue weighted by molar-refractivity contribution is 7.22. The lowest BCUT2D eigenvalue weighted by molar-refractivity contribution is 1.48. The summed E-state index contributed by atoms with van der Waals surface area (Å²) >= 11 is 1.71. The number of thiophene rings is 1. The second-order valence-corrected chi connectivity index (χ2v) is 4.94. The molecule has 18 heavy (non-hydrogen) atoms. The summed E-state index contributed by atoms with van der Waals surface area (Å²) in [6.07, 6.45) is 0. The maximum atomic E-state index is 8.59. The van der Waals surface area contributed by atoms with Crippen molar-refractivity contribution in [3.05, 3.63) is 65.0 Å². The van der Waals surface area contributed by atoms with Crippen LogP contribution < -0.4 is 0 Å². The van der Waals surface area contributed by atoms with Crippen molar-refractivity contribution >= 4 is 27.1 Å². The molecule has 0 saturated heterocycles. The zero-order valence-electron chi connectivity index (χ0n) is 9.45. The Kier molecular flexibility index (Phi) is 2.73. The van der Waals surface area contributed by atoms with Crippen molar-refractivity contribution in [3.63, 3.8) is 0 Å². The van der Waals surface area contributed by atoms with Gasteiger partial charge in [0.05, 0.1) is 0 Å². The Bertz CT molecular complexity index is 721. The molecule has 0 N–H and O–H groups in total. The van der Waals surface area contributed by atoms with Crippen LogP contribution in [0, 0.1) is 0 Å². The van der Waals surface area contributed by atoms with E-state index >= 15 is 0 Å². The minimum Gasteiger partial charge on any atom is -0.135 e. The predicted molar refractivity (Wildman–Crippen MR) is 76.1 cm³/mol. The fraction of sp³-hybridized carbons (Fsp3) is 0. The van der Waals surface area contributed by atoms with Crippen LogP contribution in [0.25, 0.3) is 31.0 Å². The van der Waals surface area contributed by atoms with Gasteiger partial charge in [0.25, 0.3) is 0 Å². The normalized spacial score (nSPS) is 10.2. The molecule has 3 rings (SSSR count). The van der Waals surface area contributed by atoms with Gasteiger partial charge in [0, 0.05) is 25.7 Å². The highest BCUT2D eigenvalue weighted by Crippen LogP contribution is 2.38. The third kappa shape index (κ3) is 1.84. The molecule has 0 radical (unpaired) electrons. The number of azide groups is 1. The highest BCUT2D eigenvalue weighted by atomic mass is 32.1. The Morgan fingerprint density at radius 3 is 2.61 bits per heavy atom. The van der Waals surface area contributed by atoms with Crippen LogP contribution in [0.4, 0.5) is 5.69 Å². The number of hydrogen-bond donors (Lipinski definition) is 0. The lowest BCUT2D eigenvalue weighted by Gasteiger charge is -2.00. The van der Waals surface area contributed by atoms with Crippen LogP contribution in [0.1, 0.15) is 0 Å². The van der Waals surface area contributed by atoms with Gasteiger partial charge in [0.1, 0.15) is 0 Å². The quantitative estimate of drug-likeness (QED) is 0.327. The third-order valence-electron chi connectivity index (χ3n) is 2.75. The summed E-state index contributed by atoms with van der Waals surface area (Å²) in [5.74, 6) is 0. The second-order valence-electron chi connectivity index (χ2n) is 3.86. The standard InChI is InChI=1S/C14H9N3S/c15-17-16-12-7-3-2-6-11(12)14-9-10-5-1-4-8-13(10)18-14/h1-9H. The molecule has 3 nitrogen and oxygen atoms in total. The van der Waals surface area contributed by atoms with E-state index in [2.05, 4.69) is 28.2 Å². The van der Waals surface area contributed by atoms with Crippen LogP contribution in [-0.2, 0) is 0 Å². The molecule has 0 spiro atoms. The van der Waals surface area contributed by atoms with E-state index in [4.69, 9.17) is 5.53 Å². The van der Waals surface area contributed by atoms with E-state index in [1.165, 1.54) is 10.1 Å². The summed E-state index contributed by atoms with van der Waals surface area (Å²) in [5.41, 5.74) is 10.2. The second kappa shape index (κ2) is 4.53. The summed E-state index contributed by atoms with van der Waals surface area (Å²) in [5, 5.41) is 4.96. The molecular formula is C14H9N3S. The first kappa shape index (κ1) is 10.8. The van der Waals surface area contributed by atoms with Crippen molar-refractivity contribution in [3.8, 4) is 10.4 Å². The Balaban J connectivity index is 2.22. The molecule has 3 aromatic rings. The summed E-state index contributed by atoms with van der Waals surface area (Å²) in [6, 6.07) is 18.0. The topological polar surface area (TPSA) is 48.8 Å². The van der Waals surface area contributed by atoms with Gasteiger partial charge < -0.3 is 0 Å². The number of nitrogens with zero attached hydrogens (tertiary/aromatic N) is 3. The summed E-state index contributed by atoms with van der Waals surface area (Å²) in [7, 11) is 0. The van der Waals surface area contributed by atoms with E-state index in [-0.39, 0.29) is 0 Å². The largest absolute Gasteiger partial charge is 0.135 e. The Morgan fingerprint density at radius 2 is 1.78 bits per heavy atom. The summed E-state index contributed by atoms with van der Waals surface area (Å²) < 4.78 is 1.24. The summed E-state index contributed by atoms with van der Waals surface area (Å²) in [6.45, 7) is 0. The monoisotopic (exact) mass is 251 g/mol. The van der Waals surface area contributed by atoms with E-state index in [0.29, 0.717) is 5.69 Å². The van der Waals surface area contributed by atoms with Gasteiger partial charge in [-0.1, -0.05) is 47.6 Å². The average Bonchev–Trinajstić information content (AvgIpc) is 2.83. The van der Waals surface area contributed by atoms with Crippen LogP contribution in [0.5, 0.6) is 0 Å². The highest BCUT2D eigenvalue weighted by Gasteiger charge is 2.06. The molecule has 1 heterocycles. The van der Waals surface area contributed by atoms with Gasteiger partial charge in [-0.05, 0) is 23.1 Å².